The zero-order valence-electron chi connectivity index (χ0n) is 15.3. The normalized spacial score (nSPS) is 17.8. The summed E-state index contributed by atoms with van der Waals surface area (Å²) in [5.41, 5.74) is 4.51. The topological polar surface area (TPSA) is 60.5 Å². The number of aryl methyl sites for hydroxylation is 2. The maximum Gasteiger partial charge on any atom is 0.274 e. The minimum atomic E-state index is -0.217. The van der Waals surface area contributed by atoms with Crippen molar-refractivity contribution in [3.63, 3.8) is 0 Å². The van der Waals surface area contributed by atoms with Gasteiger partial charge in [0.15, 0.2) is 0 Å². The SMILES string of the molecule is CCOc1cc2c(cc1NC(=O)c1ccc3c(n1)CCCC3)OC(C)C2. The standard InChI is InChI=1S/C21H24N2O3/c1-3-25-20-11-15-10-13(2)26-19(15)12-18(20)23-21(24)17-9-8-14-6-4-5-7-16(14)22-17/h8-9,11-13H,3-7,10H2,1-2H3,(H,23,24). The molecule has 2 aromatic rings. The van der Waals surface area contributed by atoms with Crippen molar-refractivity contribution in [3.8, 4) is 11.5 Å². The lowest BCUT2D eigenvalue weighted by molar-refractivity contribution is 0.102. The summed E-state index contributed by atoms with van der Waals surface area (Å²) in [4.78, 5) is 17.3. The molecule has 1 aromatic carbocycles. The summed E-state index contributed by atoms with van der Waals surface area (Å²) in [6.07, 6.45) is 5.35. The van der Waals surface area contributed by atoms with E-state index >= 15 is 0 Å². The molecule has 0 fully saturated rings. The van der Waals surface area contributed by atoms with Gasteiger partial charge in [-0.1, -0.05) is 6.07 Å². The Bertz CT molecular complexity index is 847. The molecule has 0 saturated carbocycles. The zero-order chi connectivity index (χ0) is 18.1. The number of pyridine rings is 1. The van der Waals surface area contributed by atoms with E-state index in [1.807, 2.05) is 38.1 Å². The molecule has 0 bridgehead atoms. The zero-order valence-corrected chi connectivity index (χ0v) is 15.3. The lowest BCUT2D eigenvalue weighted by Crippen LogP contribution is -2.17. The van der Waals surface area contributed by atoms with E-state index in [1.54, 1.807) is 0 Å². The van der Waals surface area contributed by atoms with Gasteiger partial charge >= 0.3 is 0 Å². The first kappa shape index (κ1) is 16.9. The second kappa shape index (κ2) is 6.98. The highest BCUT2D eigenvalue weighted by atomic mass is 16.5. The van der Waals surface area contributed by atoms with Crippen LogP contribution in [0.4, 0.5) is 5.69 Å². The van der Waals surface area contributed by atoms with E-state index in [0.29, 0.717) is 23.7 Å². The molecule has 26 heavy (non-hydrogen) atoms. The third-order valence-corrected chi connectivity index (χ3v) is 4.96. The van der Waals surface area contributed by atoms with Crippen LogP contribution in [0, 0.1) is 0 Å². The molecule has 1 aliphatic carbocycles. The van der Waals surface area contributed by atoms with Gasteiger partial charge in [-0.05, 0) is 57.2 Å². The molecular weight excluding hydrogens is 328 g/mol. The van der Waals surface area contributed by atoms with Crippen LogP contribution in [-0.2, 0) is 19.3 Å². The number of benzene rings is 1. The van der Waals surface area contributed by atoms with Gasteiger partial charge in [-0.2, -0.15) is 0 Å². The van der Waals surface area contributed by atoms with E-state index in [-0.39, 0.29) is 12.0 Å². The molecule has 5 heteroatoms. The second-order valence-electron chi connectivity index (χ2n) is 6.99. The molecule has 2 heterocycles. The van der Waals surface area contributed by atoms with Crippen molar-refractivity contribution in [1.82, 2.24) is 4.98 Å². The Hall–Kier alpha value is -2.56. The van der Waals surface area contributed by atoms with Crippen LogP contribution in [0.2, 0.25) is 0 Å². The predicted molar refractivity (Wildman–Crippen MR) is 100 cm³/mol. The number of carbonyl (C=O) groups excluding carboxylic acids is 1. The van der Waals surface area contributed by atoms with Gasteiger partial charge in [-0.25, -0.2) is 4.98 Å². The Kier molecular flexibility index (Phi) is 4.53. The average Bonchev–Trinajstić information content (AvgIpc) is 3.00. The maximum absolute atomic E-state index is 12.8. The van der Waals surface area contributed by atoms with Gasteiger partial charge in [-0.15, -0.1) is 0 Å². The Morgan fingerprint density at radius 2 is 2.12 bits per heavy atom. The number of fused-ring (bicyclic) bond motifs is 2. The number of nitrogens with one attached hydrogen (secondary N) is 1. The summed E-state index contributed by atoms with van der Waals surface area (Å²) in [6.45, 7) is 4.51. The van der Waals surface area contributed by atoms with Gasteiger partial charge in [-0.3, -0.25) is 4.79 Å². The van der Waals surface area contributed by atoms with Gasteiger partial charge in [0.2, 0.25) is 0 Å². The summed E-state index contributed by atoms with van der Waals surface area (Å²) < 4.78 is 11.6. The fourth-order valence-corrected chi connectivity index (χ4v) is 3.71. The van der Waals surface area contributed by atoms with Gasteiger partial charge in [0.05, 0.1) is 12.3 Å². The molecule has 1 unspecified atom stereocenters. The van der Waals surface area contributed by atoms with Gasteiger partial charge < -0.3 is 14.8 Å². The van der Waals surface area contributed by atoms with Crippen molar-refractivity contribution >= 4 is 11.6 Å². The first-order chi connectivity index (χ1) is 12.6. The third kappa shape index (κ3) is 3.26. The van der Waals surface area contributed by atoms with Crippen LogP contribution in [0.15, 0.2) is 24.3 Å². The number of nitrogens with zero attached hydrogens (tertiary/aromatic N) is 1. The number of aromatic nitrogens is 1. The molecule has 1 atom stereocenters. The Labute approximate surface area is 153 Å². The largest absolute Gasteiger partial charge is 0.492 e. The minimum absolute atomic E-state index is 0.146. The van der Waals surface area contributed by atoms with Crippen LogP contribution >= 0.6 is 0 Å². The smallest absolute Gasteiger partial charge is 0.274 e. The fraction of sp³-hybridized carbons (Fsp3) is 0.429. The van der Waals surface area contributed by atoms with E-state index in [9.17, 15) is 4.79 Å². The summed E-state index contributed by atoms with van der Waals surface area (Å²) in [7, 11) is 0. The van der Waals surface area contributed by atoms with Crippen LogP contribution in [0.3, 0.4) is 0 Å². The molecule has 136 valence electrons. The highest BCUT2D eigenvalue weighted by molar-refractivity contribution is 6.04. The minimum Gasteiger partial charge on any atom is -0.492 e. The average molecular weight is 352 g/mol. The van der Waals surface area contributed by atoms with E-state index in [2.05, 4.69) is 10.3 Å². The number of ether oxygens (including phenoxy) is 2. The van der Waals surface area contributed by atoms with Gasteiger partial charge in [0.25, 0.3) is 5.91 Å². The van der Waals surface area contributed by atoms with E-state index < -0.39 is 0 Å². The van der Waals surface area contributed by atoms with Gasteiger partial charge in [0, 0.05) is 23.7 Å². The molecular formula is C21H24N2O3. The van der Waals surface area contributed by atoms with E-state index in [0.717, 1.165) is 42.7 Å². The Morgan fingerprint density at radius 1 is 1.27 bits per heavy atom. The molecule has 1 aliphatic heterocycles. The first-order valence-corrected chi connectivity index (χ1v) is 9.40. The third-order valence-electron chi connectivity index (χ3n) is 4.96. The van der Waals surface area contributed by atoms with Crippen LogP contribution in [-0.4, -0.2) is 23.6 Å². The number of carbonyl (C=O) groups is 1. The molecule has 5 nitrogen and oxygen atoms in total. The number of amides is 1. The van der Waals surface area contributed by atoms with Gasteiger partial charge in [0.1, 0.15) is 23.3 Å². The highest BCUT2D eigenvalue weighted by Gasteiger charge is 2.23. The monoisotopic (exact) mass is 352 g/mol. The molecule has 2 aliphatic rings. The lowest BCUT2D eigenvalue weighted by atomic mass is 9.96. The molecule has 0 radical (unpaired) electrons. The fourth-order valence-electron chi connectivity index (χ4n) is 3.71. The molecule has 0 saturated heterocycles. The van der Waals surface area contributed by atoms with Crippen molar-refractivity contribution in [2.75, 3.05) is 11.9 Å². The summed E-state index contributed by atoms with van der Waals surface area (Å²) in [5.74, 6) is 1.27. The van der Waals surface area contributed by atoms with Crippen molar-refractivity contribution in [1.29, 1.82) is 0 Å². The number of anilines is 1. The quantitative estimate of drug-likeness (QED) is 0.905. The van der Waals surface area contributed by atoms with E-state index in [4.69, 9.17) is 9.47 Å². The number of hydrogen-bond donors (Lipinski definition) is 1. The van der Waals surface area contributed by atoms with E-state index in [1.165, 1.54) is 12.0 Å². The van der Waals surface area contributed by atoms with Crippen molar-refractivity contribution in [3.05, 3.63) is 46.8 Å². The van der Waals surface area contributed by atoms with Crippen molar-refractivity contribution < 1.29 is 14.3 Å². The predicted octanol–water partition coefficient (Wildman–Crippen LogP) is 3.93. The summed E-state index contributed by atoms with van der Waals surface area (Å²) >= 11 is 0. The van der Waals surface area contributed by atoms with Crippen LogP contribution < -0.4 is 14.8 Å². The first-order valence-electron chi connectivity index (χ1n) is 9.40. The molecule has 1 amide bonds. The maximum atomic E-state index is 12.8. The molecule has 1 aromatic heterocycles. The van der Waals surface area contributed by atoms with Crippen molar-refractivity contribution in [2.45, 2.75) is 52.1 Å². The molecule has 1 N–H and O–H groups in total. The number of rotatable bonds is 4. The van der Waals surface area contributed by atoms with Crippen LogP contribution in [0.25, 0.3) is 0 Å². The lowest BCUT2D eigenvalue weighted by Gasteiger charge is -2.16. The second-order valence-corrected chi connectivity index (χ2v) is 6.99. The molecule has 4 rings (SSSR count). The van der Waals surface area contributed by atoms with Crippen molar-refractivity contribution in [2.24, 2.45) is 0 Å². The molecule has 0 spiro atoms. The summed E-state index contributed by atoms with van der Waals surface area (Å²) in [6, 6.07) is 7.68. The Balaban J connectivity index is 1.60. The highest BCUT2D eigenvalue weighted by Crippen LogP contribution is 2.38. The number of hydrogen-bond acceptors (Lipinski definition) is 4. The Morgan fingerprint density at radius 3 is 2.96 bits per heavy atom. The summed E-state index contributed by atoms with van der Waals surface area (Å²) in [5, 5.41) is 2.96. The van der Waals surface area contributed by atoms with Crippen LogP contribution in [0.1, 0.15) is 54.0 Å². The van der Waals surface area contributed by atoms with Crippen LogP contribution in [0.5, 0.6) is 11.5 Å².